The van der Waals surface area contributed by atoms with Crippen molar-refractivity contribution in [3.05, 3.63) is 60.0 Å². The molecule has 0 amide bonds. The Morgan fingerprint density at radius 3 is 2.81 bits per heavy atom. The molecule has 2 aromatic rings. The first-order valence-corrected chi connectivity index (χ1v) is 7.45. The van der Waals surface area contributed by atoms with E-state index in [2.05, 4.69) is 39.5 Å². The van der Waals surface area contributed by atoms with Gasteiger partial charge in [0.05, 0.1) is 0 Å². The molecule has 110 valence electrons. The van der Waals surface area contributed by atoms with Crippen molar-refractivity contribution < 1.29 is 4.39 Å². The molecule has 0 saturated carbocycles. The van der Waals surface area contributed by atoms with E-state index in [0.717, 1.165) is 32.5 Å². The standard InChI is InChI=1S/C17H20FN3/c18-16-7-4-8-17(20-16)19-15-10-12-21(13-15)11-9-14-5-2-1-3-6-14/h1-8,15H,9-13H2,(H,19,20). The molecule has 3 nitrogen and oxygen atoms in total. The maximum atomic E-state index is 13.1. The Bertz CT molecular complexity index is 573. The monoisotopic (exact) mass is 285 g/mol. The highest BCUT2D eigenvalue weighted by molar-refractivity contribution is 5.35. The molecule has 1 aromatic heterocycles. The van der Waals surface area contributed by atoms with Gasteiger partial charge < -0.3 is 10.2 Å². The second-order valence-electron chi connectivity index (χ2n) is 5.51. The predicted octanol–water partition coefficient (Wildman–Crippen LogP) is 2.95. The van der Waals surface area contributed by atoms with Crippen molar-refractivity contribution in [1.82, 2.24) is 9.88 Å². The minimum atomic E-state index is -0.432. The topological polar surface area (TPSA) is 28.2 Å². The number of aromatic nitrogens is 1. The lowest BCUT2D eigenvalue weighted by atomic mass is 10.1. The molecule has 1 unspecified atom stereocenters. The van der Waals surface area contributed by atoms with Gasteiger partial charge in [0.2, 0.25) is 5.95 Å². The Balaban J connectivity index is 1.47. The molecule has 1 aliphatic heterocycles. The zero-order valence-electron chi connectivity index (χ0n) is 12.0. The van der Waals surface area contributed by atoms with Crippen molar-refractivity contribution >= 4 is 5.82 Å². The summed E-state index contributed by atoms with van der Waals surface area (Å²) in [5, 5.41) is 3.32. The summed E-state index contributed by atoms with van der Waals surface area (Å²) in [7, 11) is 0. The maximum Gasteiger partial charge on any atom is 0.214 e. The van der Waals surface area contributed by atoms with Crippen LogP contribution in [0.25, 0.3) is 0 Å². The van der Waals surface area contributed by atoms with Crippen LogP contribution in [0.2, 0.25) is 0 Å². The van der Waals surface area contributed by atoms with Gasteiger partial charge in [0.25, 0.3) is 0 Å². The predicted molar refractivity (Wildman–Crippen MR) is 82.8 cm³/mol. The van der Waals surface area contributed by atoms with E-state index >= 15 is 0 Å². The van der Waals surface area contributed by atoms with Crippen LogP contribution in [0.4, 0.5) is 10.2 Å². The minimum absolute atomic E-state index is 0.357. The highest BCUT2D eigenvalue weighted by atomic mass is 19.1. The largest absolute Gasteiger partial charge is 0.366 e. The van der Waals surface area contributed by atoms with E-state index in [1.54, 1.807) is 6.07 Å². The summed E-state index contributed by atoms with van der Waals surface area (Å²) in [6, 6.07) is 15.8. The first kappa shape index (κ1) is 14.0. The Hall–Kier alpha value is -1.94. The zero-order valence-corrected chi connectivity index (χ0v) is 12.0. The lowest BCUT2D eigenvalue weighted by Crippen LogP contribution is -2.28. The lowest BCUT2D eigenvalue weighted by Gasteiger charge is -2.17. The summed E-state index contributed by atoms with van der Waals surface area (Å²) < 4.78 is 13.1. The van der Waals surface area contributed by atoms with E-state index in [9.17, 15) is 4.39 Å². The van der Waals surface area contributed by atoms with Gasteiger partial charge in [0.15, 0.2) is 0 Å². The fourth-order valence-electron chi connectivity index (χ4n) is 2.78. The van der Waals surface area contributed by atoms with Crippen LogP contribution in [0.5, 0.6) is 0 Å². The molecule has 3 rings (SSSR count). The molecule has 0 bridgehead atoms. The number of likely N-dealkylation sites (tertiary alicyclic amines) is 1. The van der Waals surface area contributed by atoms with Gasteiger partial charge in [-0.25, -0.2) is 4.98 Å². The fourth-order valence-corrected chi connectivity index (χ4v) is 2.78. The molecule has 1 saturated heterocycles. The summed E-state index contributed by atoms with van der Waals surface area (Å²) in [5.41, 5.74) is 1.38. The molecule has 21 heavy (non-hydrogen) atoms. The molecule has 2 heterocycles. The highest BCUT2D eigenvalue weighted by Crippen LogP contribution is 2.15. The van der Waals surface area contributed by atoms with Crippen LogP contribution in [-0.2, 0) is 6.42 Å². The van der Waals surface area contributed by atoms with Crippen molar-refractivity contribution in [1.29, 1.82) is 0 Å². The summed E-state index contributed by atoms with van der Waals surface area (Å²) in [5.74, 6) is 0.198. The third-order valence-electron chi connectivity index (χ3n) is 3.90. The summed E-state index contributed by atoms with van der Waals surface area (Å²) in [4.78, 5) is 6.31. The average Bonchev–Trinajstić information content (AvgIpc) is 2.94. The van der Waals surface area contributed by atoms with Crippen LogP contribution in [0.3, 0.4) is 0 Å². The van der Waals surface area contributed by atoms with E-state index < -0.39 is 5.95 Å². The van der Waals surface area contributed by atoms with Gasteiger partial charge in [-0.05, 0) is 30.5 Å². The number of hydrogen-bond donors (Lipinski definition) is 1. The molecule has 1 aliphatic rings. The van der Waals surface area contributed by atoms with Crippen LogP contribution in [0.1, 0.15) is 12.0 Å². The van der Waals surface area contributed by atoms with Gasteiger partial charge in [0, 0.05) is 25.7 Å². The molecule has 1 fully saturated rings. The molecule has 0 aliphatic carbocycles. The maximum absolute atomic E-state index is 13.1. The number of rotatable bonds is 5. The summed E-state index contributed by atoms with van der Waals surface area (Å²) in [6.45, 7) is 3.14. The first-order valence-electron chi connectivity index (χ1n) is 7.45. The van der Waals surface area contributed by atoms with Crippen LogP contribution < -0.4 is 5.32 Å². The van der Waals surface area contributed by atoms with Crippen molar-refractivity contribution in [2.75, 3.05) is 25.0 Å². The number of anilines is 1. The van der Waals surface area contributed by atoms with Crippen LogP contribution in [0.15, 0.2) is 48.5 Å². The summed E-state index contributed by atoms with van der Waals surface area (Å²) >= 11 is 0. The molecular formula is C17H20FN3. The Kier molecular flexibility index (Phi) is 4.46. The number of pyridine rings is 1. The second-order valence-corrected chi connectivity index (χ2v) is 5.51. The average molecular weight is 285 g/mol. The van der Waals surface area contributed by atoms with Gasteiger partial charge in [-0.1, -0.05) is 36.4 Å². The lowest BCUT2D eigenvalue weighted by molar-refractivity contribution is 0.340. The SMILES string of the molecule is Fc1cccc(NC2CCN(CCc3ccccc3)C2)n1. The molecule has 0 radical (unpaired) electrons. The normalized spacial score (nSPS) is 18.8. The number of benzene rings is 1. The molecule has 1 atom stereocenters. The van der Waals surface area contributed by atoms with E-state index in [0.29, 0.717) is 11.9 Å². The number of nitrogens with zero attached hydrogens (tertiary/aromatic N) is 2. The van der Waals surface area contributed by atoms with Gasteiger partial charge in [-0.2, -0.15) is 4.39 Å². The van der Waals surface area contributed by atoms with Crippen molar-refractivity contribution in [3.8, 4) is 0 Å². The van der Waals surface area contributed by atoms with Crippen LogP contribution in [-0.4, -0.2) is 35.6 Å². The van der Waals surface area contributed by atoms with E-state index in [1.807, 2.05) is 12.1 Å². The number of halogens is 1. The second kappa shape index (κ2) is 6.68. The van der Waals surface area contributed by atoms with Crippen molar-refractivity contribution in [2.45, 2.75) is 18.9 Å². The fraction of sp³-hybridized carbons (Fsp3) is 0.353. The van der Waals surface area contributed by atoms with E-state index in [1.165, 1.54) is 11.6 Å². The minimum Gasteiger partial charge on any atom is -0.366 e. The Morgan fingerprint density at radius 2 is 2.00 bits per heavy atom. The zero-order chi connectivity index (χ0) is 14.5. The van der Waals surface area contributed by atoms with Crippen LogP contribution >= 0.6 is 0 Å². The molecule has 1 aromatic carbocycles. The molecule has 4 heteroatoms. The Morgan fingerprint density at radius 1 is 1.14 bits per heavy atom. The number of nitrogens with one attached hydrogen (secondary N) is 1. The highest BCUT2D eigenvalue weighted by Gasteiger charge is 2.22. The van der Waals surface area contributed by atoms with Crippen molar-refractivity contribution in [3.63, 3.8) is 0 Å². The Labute approximate surface area is 124 Å². The smallest absolute Gasteiger partial charge is 0.214 e. The van der Waals surface area contributed by atoms with Gasteiger partial charge in [-0.3, -0.25) is 0 Å². The molecule has 1 N–H and O–H groups in total. The third-order valence-corrected chi connectivity index (χ3v) is 3.90. The summed E-state index contributed by atoms with van der Waals surface area (Å²) in [6.07, 6.45) is 2.15. The van der Waals surface area contributed by atoms with E-state index in [4.69, 9.17) is 0 Å². The van der Waals surface area contributed by atoms with Crippen LogP contribution in [0, 0.1) is 5.95 Å². The number of hydrogen-bond acceptors (Lipinski definition) is 3. The first-order chi connectivity index (χ1) is 10.3. The van der Waals surface area contributed by atoms with Crippen molar-refractivity contribution in [2.24, 2.45) is 0 Å². The third kappa shape index (κ3) is 4.02. The van der Waals surface area contributed by atoms with E-state index in [-0.39, 0.29) is 0 Å². The molecule has 0 spiro atoms. The van der Waals surface area contributed by atoms with Gasteiger partial charge in [-0.15, -0.1) is 0 Å². The quantitative estimate of drug-likeness (QED) is 0.856. The van der Waals surface area contributed by atoms with Gasteiger partial charge >= 0.3 is 0 Å². The molecular weight excluding hydrogens is 265 g/mol. The van der Waals surface area contributed by atoms with Gasteiger partial charge in [0.1, 0.15) is 5.82 Å².